The molecule has 0 bridgehead atoms. The van der Waals surface area contributed by atoms with Crippen molar-refractivity contribution in [3.63, 3.8) is 0 Å². The van der Waals surface area contributed by atoms with E-state index in [-0.39, 0.29) is 30.6 Å². The molecule has 2 aromatic heterocycles. The number of benzene rings is 1. The number of nitrogens with zero attached hydrogens (tertiary/aromatic N) is 4. The molecule has 2 unspecified atom stereocenters. The maximum atomic E-state index is 12.9. The van der Waals surface area contributed by atoms with Crippen molar-refractivity contribution in [1.29, 1.82) is 0 Å². The number of carbonyl (C=O) groups is 2. The highest BCUT2D eigenvalue weighted by Crippen LogP contribution is 2.33. The van der Waals surface area contributed by atoms with E-state index in [1.165, 1.54) is 23.1 Å². The van der Waals surface area contributed by atoms with Crippen molar-refractivity contribution >= 4 is 40.0 Å². The molecule has 3 aromatic rings. The Bertz CT molecular complexity index is 1150. The van der Waals surface area contributed by atoms with Gasteiger partial charge in [0.25, 0.3) is 5.91 Å². The molecule has 1 aliphatic heterocycles. The van der Waals surface area contributed by atoms with Crippen LogP contribution in [0.3, 0.4) is 0 Å². The van der Waals surface area contributed by atoms with Crippen molar-refractivity contribution in [1.82, 2.24) is 25.1 Å². The number of thiazole rings is 1. The third-order valence-corrected chi connectivity index (χ3v) is 6.87. The molecule has 0 radical (unpaired) electrons. The molecular weight excluding hydrogens is 464 g/mol. The van der Waals surface area contributed by atoms with Crippen molar-refractivity contribution in [2.24, 2.45) is 13.0 Å². The van der Waals surface area contributed by atoms with Crippen molar-refractivity contribution in [2.45, 2.75) is 37.2 Å². The van der Waals surface area contributed by atoms with Gasteiger partial charge in [-0.3, -0.25) is 9.59 Å². The Balaban J connectivity index is 1.46. The number of fused-ring (bicyclic) bond motifs is 1. The van der Waals surface area contributed by atoms with Crippen LogP contribution in [0, 0.1) is 5.92 Å². The molecule has 0 saturated carbocycles. The molecule has 12 heteroatoms. The largest absolute Gasteiger partial charge is 0.454 e. The third kappa shape index (κ3) is 5.11. The summed E-state index contributed by atoms with van der Waals surface area (Å²) in [4.78, 5) is 29.5. The van der Waals surface area contributed by atoms with E-state index in [1.54, 1.807) is 36.7 Å². The first-order chi connectivity index (χ1) is 15.8. The number of hydrogen-bond donors (Lipinski definition) is 2. The normalized spacial score (nSPS) is 14.2. The Labute approximate surface area is 199 Å². The summed E-state index contributed by atoms with van der Waals surface area (Å²) in [5, 5.41) is 16.9. The average molecular weight is 489 g/mol. The van der Waals surface area contributed by atoms with Gasteiger partial charge in [-0.25, -0.2) is 4.98 Å². The molecule has 1 aromatic carbocycles. The summed E-state index contributed by atoms with van der Waals surface area (Å²) in [6, 6.07) is 4.70. The van der Waals surface area contributed by atoms with Gasteiger partial charge in [0.15, 0.2) is 27.6 Å². The first-order valence-corrected chi connectivity index (χ1v) is 12.1. The van der Waals surface area contributed by atoms with Gasteiger partial charge in [0, 0.05) is 24.2 Å². The molecule has 4 rings (SSSR count). The Morgan fingerprint density at radius 3 is 2.70 bits per heavy atom. The smallest absolute Gasteiger partial charge is 0.252 e. The number of amides is 2. The quantitative estimate of drug-likeness (QED) is 0.464. The standard InChI is InChI=1S/C21H24N6O4S2/c1-11(2)16(23-19(29)13-5-6-14-15(9-13)31-10-30-14)17-25-26-21(27(17)4)33-12(3)18(28)24-20-22-7-8-32-20/h5-9,11-12,16H,10H2,1-4H3,(H,23,29)(H,22,24,28). The van der Waals surface area contributed by atoms with E-state index in [4.69, 9.17) is 9.47 Å². The molecule has 10 nitrogen and oxygen atoms in total. The molecule has 2 N–H and O–H groups in total. The number of ether oxygens (including phenoxy) is 2. The minimum Gasteiger partial charge on any atom is -0.454 e. The number of thioether (sulfide) groups is 1. The maximum absolute atomic E-state index is 12.9. The van der Waals surface area contributed by atoms with Gasteiger partial charge in [0.2, 0.25) is 12.7 Å². The van der Waals surface area contributed by atoms with E-state index in [1.807, 2.05) is 25.5 Å². The van der Waals surface area contributed by atoms with E-state index in [9.17, 15) is 9.59 Å². The van der Waals surface area contributed by atoms with E-state index in [2.05, 4.69) is 25.8 Å². The monoisotopic (exact) mass is 488 g/mol. The highest BCUT2D eigenvalue weighted by Gasteiger charge is 2.27. The molecule has 0 aliphatic carbocycles. The fourth-order valence-electron chi connectivity index (χ4n) is 3.20. The van der Waals surface area contributed by atoms with Crippen LogP contribution in [-0.4, -0.2) is 43.6 Å². The first kappa shape index (κ1) is 23.1. The summed E-state index contributed by atoms with van der Waals surface area (Å²) >= 11 is 2.65. The van der Waals surface area contributed by atoms with Crippen LogP contribution in [0.1, 0.15) is 43.0 Å². The van der Waals surface area contributed by atoms with Gasteiger partial charge in [-0.2, -0.15) is 0 Å². The number of aromatic nitrogens is 4. The number of anilines is 1. The number of rotatable bonds is 8. The van der Waals surface area contributed by atoms with Gasteiger partial charge in [-0.15, -0.1) is 21.5 Å². The summed E-state index contributed by atoms with van der Waals surface area (Å²) in [5.74, 6) is 1.40. The molecule has 0 fully saturated rings. The van der Waals surface area contributed by atoms with Gasteiger partial charge < -0.3 is 24.7 Å². The molecule has 0 spiro atoms. The van der Waals surface area contributed by atoms with Crippen LogP contribution in [0.2, 0.25) is 0 Å². The molecular formula is C21H24N6O4S2. The molecule has 2 amide bonds. The van der Waals surface area contributed by atoms with Crippen LogP contribution < -0.4 is 20.1 Å². The summed E-state index contributed by atoms with van der Waals surface area (Å²) in [6.07, 6.45) is 1.64. The topological polar surface area (TPSA) is 120 Å². The maximum Gasteiger partial charge on any atom is 0.252 e. The molecule has 174 valence electrons. The fourth-order valence-corrected chi connectivity index (χ4v) is 4.55. The van der Waals surface area contributed by atoms with Crippen LogP contribution in [0.4, 0.5) is 5.13 Å². The summed E-state index contributed by atoms with van der Waals surface area (Å²) < 4.78 is 12.5. The second-order valence-corrected chi connectivity index (χ2v) is 9.95. The van der Waals surface area contributed by atoms with Crippen molar-refractivity contribution in [2.75, 3.05) is 12.1 Å². The summed E-state index contributed by atoms with van der Waals surface area (Å²) in [7, 11) is 1.82. The van der Waals surface area contributed by atoms with E-state index in [0.717, 1.165) is 0 Å². The predicted octanol–water partition coefficient (Wildman–Crippen LogP) is 3.25. The van der Waals surface area contributed by atoms with Crippen molar-refractivity contribution in [3.05, 3.63) is 41.2 Å². The zero-order valence-electron chi connectivity index (χ0n) is 18.6. The van der Waals surface area contributed by atoms with Gasteiger partial charge in [-0.1, -0.05) is 25.6 Å². The fraction of sp³-hybridized carbons (Fsp3) is 0.381. The van der Waals surface area contributed by atoms with Gasteiger partial charge in [-0.05, 0) is 31.0 Å². The molecule has 3 heterocycles. The Morgan fingerprint density at radius 2 is 1.97 bits per heavy atom. The van der Waals surface area contributed by atoms with E-state index in [0.29, 0.717) is 33.2 Å². The van der Waals surface area contributed by atoms with Crippen LogP contribution in [0.15, 0.2) is 34.9 Å². The summed E-state index contributed by atoms with van der Waals surface area (Å²) in [6.45, 7) is 5.93. The minimum atomic E-state index is -0.412. The van der Waals surface area contributed by atoms with Crippen LogP contribution in [0.25, 0.3) is 0 Å². The van der Waals surface area contributed by atoms with Crippen molar-refractivity contribution in [3.8, 4) is 11.5 Å². The minimum absolute atomic E-state index is 0.0503. The average Bonchev–Trinajstić information content (AvgIpc) is 3.54. The second kappa shape index (κ2) is 9.79. The van der Waals surface area contributed by atoms with Crippen LogP contribution >= 0.6 is 23.1 Å². The molecule has 2 atom stereocenters. The van der Waals surface area contributed by atoms with E-state index < -0.39 is 5.25 Å². The lowest BCUT2D eigenvalue weighted by Gasteiger charge is -2.22. The van der Waals surface area contributed by atoms with Crippen LogP contribution in [0.5, 0.6) is 11.5 Å². The summed E-state index contributed by atoms with van der Waals surface area (Å²) in [5.41, 5.74) is 0.467. The Kier molecular flexibility index (Phi) is 6.84. The molecule has 33 heavy (non-hydrogen) atoms. The van der Waals surface area contributed by atoms with Gasteiger partial charge >= 0.3 is 0 Å². The third-order valence-electron chi connectivity index (χ3n) is 5.05. The highest BCUT2D eigenvalue weighted by molar-refractivity contribution is 8.00. The lowest BCUT2D eigenvalue weighted by atomic mass is 10.0. The number of hydrogen-bond acceptors (Lipinski definition) is 9. The number of carbonyl (C=O) groups excluding carboxylic acids is 2. The highest BCUT2D eigenvalue weighted by atomic mass is 32.2. The predicted molar refractivity (Wildman–Crippen MR) is 125 cm³/mol. The number of nitrogens with one attached hydrogen (secondary N) is 2. The Morgan fingerprint density at radius 1 is 1.18 bits per heavy atom. The van der Waals surface area contributed by atoms with Crippen molar-refractivity contribution < 1.29 is 19.1 Å². The van der Waals surface area contributed by atoms with Gasteiger partial charge in [0.1, 0.15) is 0 Å². The first-order valence-electron chi connectivity index (χ1n) is 10.3. The molecule has 0 saturated heterocycles. The Hall–Kier alpha value is -3.12. The molecule has 1 aliphatic rings. The zero-order valence-corrected chi connectivity index (χ0v) is 20.2. The van der Waals surface area contributed by atoms with E-state index >= 15 is 0 Å². The van der Waals surface area contributed by atoms with Gasteiger partial charge in [0.05, 0.1) is 11.3 Å². The lowest BCUT2D eigenvalue weighted by molar-refractivity contribution is -0.115. The second-order valence-electron chi connectivity index (χ2n) is 7.75. The van der Waals surface area contributed by atoms with Crippen LogP contribution in [-0.2, 0) is 11.8 Å². The SMILES string of the molecule is CC(Sc1nnc(C(NC(=O)c2ccc3c(c2)OCO3)C(C)C)n1C)C(=O)Nc1nccs1. The zero-order chi connectivity index (χ0) is 23.5. The lowest BCUT2D eigenvalue weighted by Crippen LogP contribution is -2.33.